The molecule has 0 heterocycles. The standard InChI is InChI=1S/C13H14BrClFNO/c14-10-6-9(7-11(16)8-10)13(18)17(5-4-15)12-2-1-3-12/h6-8,12H,1-5H2. The highest BCUT2D eigenvalue weighted by atomic mass is 79.9. The van der Waals surface area contributed by atoms with E-state index in [9.17, 15) is 9.18 Å². The van der Waals surface area contributed by atoms with Crippen molar-refractivity contribution in [2.45, 2.75) is 25.3 Å². The van der Waals surface area contributed by atoms with Gasteiger partial charge in [0.2, 0.25) is 0 Å². The maximum atomic E-state index is 13.3. The fourth-order valence-corrected chi connectivity index (χ4v) is 2.73. The Morgan fingerprint density at radius 1 is 1.44 bits per heavy atom. The summed E-state index contributed by atoms with van der Waals surface area (Å²) in [6.45, 7) is 0.513. The van der Waals surface area contributed by atoms with Crippen LogP contribution in [-0.2, 0) is 0 Å². The summed E-state index contributed by atoms with van der Waals surface area (Å²) >= 11 is 8.94. The zero-order valence-corrected chi connectivity index (χ0v) is 12.2. The van der Waals surface area contributed by atoms with E-state index in [0.29, 0.717) is 22.5 Å². The Labute approximate surface area is 119 Å². The predicted octanol–water partition coefficient (Wildman–Crippen LogP) is 3.82. The molecule has 98 valence electrons. The van der Waals surface area contributed by atoms with E-state index in [1.807, 2.05) is 0 Å². The summed E-state index contributed by atoms with van der Waals surface area (Å²) in [6.07, 6.45) is 3.17. The summed E-state index contributed by atoms with van der Waals surface area (Å²) in [5.41, 5.74) is 0.374. The fourth-order valence-electron chi connectivity index (χ4n) is 2.08. The lowest BCUT2D eigenvalue weighted by atomic mass is 9.91. The first-order valence-corrected chi connectivity index (χ1v) is 7.27. The molecular formula is C13H14BrClFNO. The molecule has 0 radical (unpaired) electrons. The first kappa shape index (κ1) is 13.8. The molecule has 1 aliphatic rings. The molecule has 1 aromatic rings. The predicted molar refractivity (Wildman–Crippen MR) is 73.5 cm³/mol. The largest absolute Gasteiger partial charge is 0.334 e. The van der Waals surface area contributed by atoms with Crippen LogP contribution in [0.2, 0.25) is 0 Å². The summed E-state index contributed by atoms with van der Waals surface area (Å²) in [5, 5.41) is 0. The molecule has 2 rings (SSSR count). The maximum Gasteiger partial charge on any atom is 0.254 e. The van der Waals surface area contributed by atoms with Gasteiger partial charge in [0.1, 0.15) is 5.82 Å². The maximum absolute atomic E-state index is 13.3. The molecule has 0 unspecified atom stereocenters. The minimum atomic E-state index is -0.410. The Bertz CT molecular complexity index is 430. The summed E-state index contributed by atoms with van der Waals surface area (Å²) < 4.78 is 13.9. The molecule has 0 N–H and O–H groups in total. The van der Waals surface area contributed by atoms with E-state index in [0.717, 1.165) is 19.3 Å². The highest BCUT2D eigenvalue weighted by Gasteiger charge is 2.29. The summed E-state index contributed by atoms with van der Waals surface area (Å²) in [7, 11) is 0. The number of benzene rings is 1. The summed E-state index contributed by atoms with van der Waals surface area (Å²) in [6, 6.07) is 4.52. The summed E-state index contributed by atoms with van der Waals surface area (Å²) in [5.74, 6) is -0.147. The van der Waals surface area contributed by atoms with Gasteiger partial charge >= 0.3 is 0 Å². The van der Waals surface area contributed by atoms with Crippen LogP contribution in [0.15, 0.2) is 22.7 Å². The minimum absolute atomic E-state index is 0.138. The van der Waals surface area contributed by atoms with Crippen LogP contribution in [0.5, 0.6) is 0 Å². The van der Waals surface area contributed by atoms with Crippen LogP contribution in [0, 0.1) is 5.82 Å². The van der Waals surface area contributed by atoms with E-state index >= 15 is 0 Å². The van der Waals surface area contributed by atoms with Gasteiger partial charge in [-0.2, -0.15) is 0 Å². The Hall–Kier alpha value is -0.610. The third kappa shape index (κ3) is 3.04. The number of carbonyl (C=O) groups is 1. The molecule has 0 aliphatic heterocycles. The van der Waals surface area contributed by atoms with Crippen LogP contribution >= 0.6 is 27.5 Å². The molecule has 2 nitrogen and oxygen atoms in total. The number of rotatable bonds is 4. The van der Waals surface area contributed by atoms with Crippen LogP contribution in [0.25, 0.3) is 0 Å². The first-order valence-electron chi connectivity index (χ1n) is 5.95. The number of alkyl halides is 1. The molecule has 18 heavy (non-hydrogen) atoms. The molecule has 1 amide bonds. The van der Waals surface area contributed by atoms with E-state index < -0.39 is 5.82 Å². The lowest BCUT2D eigenvalue weighted by Gasteiger charge is -2.37. The van der Waals surface area contributed by atoms with E-state index in [2.05, 4.69) is 15.9 Å². The van der Waals surface area contributed by atoms with E-state index in [1.54, 1.807) is 11.0 Å². The molecule has 0 spiro atoms. The highest BCUT2D eigenvalue weighted by molar-refractivity contribution is 9.10. The van der Waals surface area contributed by atoms with Gasteiger partial charge in [0.15, 0.2) is 0 Å². The fraction of sp³-hybridized carbons (Fsp3) is 0.462. The van der Waals surface area contributed by atoms with Crippen LogP contribution in [-0.4, -0.2) is 29.3 Å². The molecule has 0 bridgehead atoms. The second-order valence-electron chi connectivity index (χ2n) is 4.43. The van der Waals surface area contributed by atoms with Gasteiger partial charge in [0.05, 0.1) is 0 Å². The molecule has 5 heteroatoms. The van der Waals surface area contributed by atoms with Crippen LogP contribution in [0.4, 0.5) is 4.39 Å². The first-order chi connectivity index (χ1) is 8.61. The van der Waals surface area contributed by atoms with Crippen LogP contribution < -0.4 is 0 Å². The van der Waals surface area contributed by atoms with Crippen LogP contribution in [0.1, 0.15) is 29.6 Å². The Balaban J connectivity index is 2.21. The summed E-state index contributed by atoms with van der Waals surface area (Å²) in [4.78, 5) is 14.1. The van der Waals surface area contributed by atoms with Crippen molar-refractivity contribution in [1.29, 1.82) is 0 Å². The van der Waals surface area contributed by atoms with E-state index in [-0.39, 0.29) is 11.9 Å². The van der Waals surface area contributed by atoms with Gasteiger partial charge in [-0.15, -0.1) is 11.6 Å². The average Bonchev–Trinajstić information content (AvgIpc) is 2.23. The van der Waals surface area contributed by atoms with Gasteiger partial charge in [-0.25, -0.2) is 4.39 Å². The Morgan fingerprint density at radius 2 is 2.17 bits per heavy atom. The molecule has 1 saturated carbocycles. The topological polar surface area (TPSA) is 20.3 Å². The van der Waals surface area contributed by atoms with Crippen molar-refractivity contribution in [2.24, 2.45) is 0 Å². The average molecular weight is 335 g/mol. The van der Waals surface area contributed by atoms with Gasteiger partial charge in [0, 0.05) is 28.5 Å². The molecule has 1 fully saturated rings. The number of halogens is 3. The number of amides is 1. The number of hydrogen-bond acceptors (Lipinski definition) is 1. The van der Waals surface area contributed by atoms with Crippen molar-refractivity contribution in [3.8, 4) is 0 Å². The second kappa shape index (κ2) is 6.02. The van der Waals surface area contributed by atoms with Crippen molar-refractivity contribution < 1.29 is 9.18 Å². The third-order valence-electron chi connectivity index (χ3n) is 3.21. The quantitative estimate of drug-likeness (QED) is 0.767. The second-order valence-corrected chi connectivity index (χ2v) is 5.72. The monoisotopic (exact) mass is 333 g/mol. The van der Waals surface area contributed by atoms with E-state index in [4.69, 9.17) is 11.6 Å². The van der Waals surface area contributed by atoms with Crippen molar-refractivity contribution in [2.75, 3.05) is 12.4 Å². The number of hydrogen-bond donors (Lipinski definition) is 0. The molecule has 1 aliphatic carbocycles. The van der Waals surface area contributed by atoms with Gasteiger partial charge in [-0.1, -0.05) is 15.9 Å². The highest BCUT2D eigenvalue weighted by Crippen LogP contribution is 2.27. The molecule has 1 aromatic carbocycles. The molecule has 0 aromatic heterocycles. The smallest absolute Gasteiger partial charge is 0.254 e. The molecular weight excluding hydrogens is 321 g/mol. The van der Waals surface area contributed by atoms with Crippen molar-refractivity contribution >= 4 is 33.4 Å². The Morgan fingerprint density at radius 3 is 2.67 bits per heavy atom. The lowest BCUT2D eigenvalue weighted by Crippen LogP contribution is -2.45. The van der Waals surface area contributed by atoms with Gasteiger partial charge < -0.3 is 4.90 Å². The minimum Gasteiger partial charge on any atom is -0.334 e. The van der Waals surface area contributed by atoms with Crippen LogP contribution in [0.3, 0.4) is 0 Å². The van der Waals surface area contributed by atoms with E-state index in [1.165, 1.54) is 12.1 Å². The zero-order chi connectivity index (χ0) is 13.1. The van der Waals surface area contributed by atoms with Gasteiger partial charge in [-0.3, -0.25) is 4.79 Å². The molecule has 0 saturated heterocycles. The third-order valence-corrected chi connectivity index (χ3v) is 3.84. The lowest BCUT2D eigenvalue weighted by molar-refractivity contribution is 0.0597. The number of nitrogens with zero attached hydrogens (tertiary/aromatic N) is 1. The SMILES string of the molecule is O=C(c1cc(F)cc(Br)c1)N(CCCl)C1CCC1. The van der Waals surface area contributed by atoms with Crippen molar-refractivity contribution in [3.05, 3.63) is 34.1 Å². The van der Waals surface area contributed by atoms with Crippen molar-refractivity contribution in [1.82, 2.24) is 4.90 Å². The van der Waals surface area contributed by atoms with Crippen molar-refractivity contribution in [3.63, 3.8) is 0 Å². The van der Waals surface area contributed by atoms with Gasteiger partial charge in [0.25, 0.3) is 5.91 Å². The number of carbonyl (C=O) groups excluding carboxylic acids is 1. The normalized spacial score (nSPS) is 15.3. The molecule has 0 atom stereocenters. The van der Waals surface area contributed by atoms with Gasteiger partial charge in [-0.05, 0) is 37.5 Å². The Kier molecular flexibility index (Phi) is 4.62. The zero-order valence-electron chi connectivity index (χ0n) is 9.83.